The van der Waals surface area contributed by atoms with Gasteiger partial charge in [0, 0.05) is 39.3 Å². The standard InChI is InChI=1S/C23H37N7S/c1-18-8-5-6-9-20(18)17-30-13-10-21(11-14-30)26-23(24-12-7-15-31-4)25-16-22-28-27-19(2)29(22)3/h5-6,8-9,21H,7,10-17H2,1-4H3,(H2,24,25,26). The normalized spacial score (nSPS) is 15.9. The summed E-state index contributed by atoms with van der Waals surface area (Å²) in [5.41, 5.74) is 2.82. The fourth-order valence-electron chi connectivity index (χ4n) is 3.77. The zero-order valence-electron chi connectivity index (χ0n) is 19.4. The lowest BCUT2D eigenvalue weighted by atomic mass is 10.0. The lowest BCUT2D eigenvalue weighted by molar-refractivity contribution is 0.198. The summed E-state index contributed by atoms with van der Waals surface area (Å²) in [5.74, 6) is 3.84. The molecule has 0 unspecified atom stereocenters. The van der Waals surface area contributed by atoms with Gasteiger partial charge in [0.25, 0.3) is 0 Å². The Balaban J connectivity index is 1.53. The van der Waals surface area contributed by atoms with Crippen LogP contribution in [0.3, 0.4) is 0 Å². The van der Waals surface area contributed by atoms with Crippen molar-refractivity contribution < 1.29 is 0 Å². The molecule has 31 heavy (non-hydrogen) atoms. The highest BCUT2D eigenvalue weighted by atomic mass is 32.2. The number of piperidine rings is 1. The predicted octanol–water partition coefficient (Wildman–Crippen LogP) is 2.88. The molecule has 0 saturated carbocycles. The van der Waals surface area contributed by atoms with Crippen LogP contribution in [0.4, 0.5) is 0 Å². The molecule has 0 atom stereocenters. The number of nitrogens with one attached hydrogen (secondary N) is 2. The van der Waals surface area contributed by atoms with Gasteiger partial charge >= 0.3 is 0 Å². The summed E-state index contributed by atoms with van der Waals surface area (Å²) in [4.78, 5) is 7.37. The van der Waals surface area contributed by atoms with E-state index in [0.717, 1.165) is 68.8 Å². The van der Waals surface area contributed by atoms with Gasteiger partial charge in [-0.3, -0.25) is 4.90 Å². The molecule has 1 saturated heterocycles. The van der Waals surface area contributed by atoms with E-state index in [1.807, 2.05) is 30.3 Å². The lowest BCUT2D eigenvalue weighted by Crippen LogP contribution is -2.48. The van der Waals surface area contributed by atoms with Crippen molar-refractivity contribution in [1.29, 1.82) is 0 Å². The third-order valence-electron chi connectivity index (χ3n) is 5.96. The van der Waals surface area contributed by atoms with Gasteiger partial charge in [-0.2, -0.15) is 11.8 Å². The van der Waals surface area contributed by atoms with Gasteiger partial charge in [-0.25, -0.2) is 4.99 Å². The van der Waals surface area contributed by atoms with E-state index in [4.69, 9.17) is 4.99 Å². The molecule has 1 aromatic heterocycles. The third-order valence-corrected chi connectivity index (χ3v) is 6.66. The highest BCUT2D eigenvalue weighted by Crippen LogP contribution is 2.16. The Morgan fingerprint density at radius 2 is 1.97 bits per heavy atom. The number of likely N-dealkylation sites (tertiary alicyclic amines) is 1. The second-order valence-electron chi connectivity index (χ2n) is 8.28. The molecule has 0 aliphatic carbocycles. The van der Waals surface area contributed by atoms with Crippen LogP contribution in [0.5, 0.6) is 0 Å². The molecule has 2 heterocycles. The van der Waals surface area contributed by atoms with Crippen LogP contribution in [-0.4, -0.2) is 63.3 Å². The van der Waals surface area contributed by atoms with Gasteiger partial charge in [0.15, 0.2) is 11.8 Å². The second kappa shape index (κ2) is 12.1. The van der Waals surface area contributed by atoms with Gasteiger partial charge in [0.1, 0.15) is 12.4 Å². The van der Waals surface area contributed by atoms with Crippen molar-refractivity contribution in [3.05, 3.63) is 47.0 Å². The van der Waals surface area contributed by atoms with E-state index < -0.39 is 0 Å². The van der Waals surface area contributed by atoms with Crippen molar-refractivity contribution in [2.75, 3.05) is 31.6 Å². The van der Waals surface area contributed by atoms with Crippen LogP contribution in [0.2, 0.25) is 0 Å². The second-order valence-corrected chi connectivity index (χ2v) is 9.27. The SMILES string of the molecule is CSCCCNC(=NCc1nnc(C)n1C)NC1CCN(Cc2ccccc2C)CC1. The third kappa shape index (κ3) is 7.25. The first-order valence-corrected chi connectivity index (χ1v) is 12.6. The van der Waals surface area contributed by atoms with E-state index in [9.17, 15) is 0 Å². The van der Waals surface area contributed by atoms with E-state index in [2.05, 4.69) is 63.2 Å². The van der Waals surface area contributed by atoms with Crippen LogP contribution in [0, 0.1) is 13.8 Å². The van der Waals surface area contributed by atoms with Gasteiger partial charge in [0.2, 0.25) is 0 Å². The van der Waals surface area contributed by atoms with E-state index in [-0.39, 0.29) is 0 Å². The van der Waals surface area contributed by atoms with Gasteiger partial charge in [-0.15, -0.1) is 10.2 Å². The van der Waals surface area contributed by atoms with Crippen molar-refractivity contribution in [2.24, 2.45) is 12.0 Å². The predicted molar refractivity (Wildman–Crippen MR) is 130 cm³/mol. The maximum Gasteiger partial charge on any atom is 0.191 e. The number of aromatic nitrogens is 3. The number of aliphatic imine (C=N–C) groups is 1. The van der Waals surface area contributed by atoms with Crippen molar-refractivity contribution in [2.45, 2.75) is 52.2 Å². The molecule has 0 radical (unpaired) electrons. The molecule has 2 aromatic rings. The number of hydrogen-bond donors (Lipinski definition) is 2. The smallest absolute Gasteiger partial charge is 0.191 e. The molecular formula is C23H37N7S. The molecule has 7 nitrogen and oxygen atoms in total. The van der Waals surface area contributed by atoms with Gasteiger partial charge in [0.05, 0.1) is 0 Å². The molecule has 3 rings (SSSR count). The summed E-state index contributed by atoms with van der Waals surface area (Å²) in [5, 5.41) is 15.6. The Bertz CT molecular complexity index is 840. The molecule has 0 amide bonds. The summed E-state index contributed by atoms with van der Waals surface area (Å²) in [6.45, 7) is 8.87. The maximum absolute atomic E-state index is 4.81. The summed E-state index contributed by atoms with van der Waals surface area (Å²) >= 11 is 1.88. The Kier molecular flexibility index (Phi) is 9.21. The highest BCUT2D eigenvalue weighted by Gasteiger charge is 2.20. The van der Waals surface area contributed by atoms with Crippen molar-refractivity contribution in [3.8, 4) is 0 Å². The first-order chi connectivity index (χ1) is 15.1. The van der Waals surface area contributed by atoms with Crippen molar-refractivity contribution in [1.82, 2.24) is 30.3 Å². The zero-order chi connectivity index (χ0) is 22.1. The molecule has 1 aliphatic heterocycles. The molecule has 2 N–H and O–H groups in total. The minimum atomic E-state index is 0.446. The zero-order valence-corrected chi connectivity index (χ0v) is 20.2. The van der Waals surface area contributed by atoms with Crippen LogP contribution < -0.4 is 10.6 Å². The maximum atomic E-state index is 4.81. The first-order valence-electron chi connectivity index (χ1n) is 11.2. The molecule has 0 bridgehead atoms. The Hall–Kier alpha value is -2.06. The van der Waals surface area contributed by atoms with E-state index >= 15 is 0 Å². The summed E-state index contributed by atoms with van der Waals surface area (Å²) in [7, 11) is 1.99. The van der Waals surface area contributed by atoms with E-state index in [1.165, 1.54) is 11.1 Å². The number of guanidine groups is 1. The largest absolute Gasteiger partial charge is 0.356 e. The van der Waals surface area contributed by atoms with Crippen LogP contribution in [0.1, 0.15) is 42.0 Å². The fourth-order valence-corrected chi connectivity index (χ4v) is 4.20. The van der Waals surface area contributed by atoms with Gasteiger partial charge in [-0.1, -0.05) is 24.3 Å². The van der Waals surface area contributed by atoms with Crippen LogP contribution >= 0.6 is 11.8 Å². The van der Waals surface area contributed by atoms with Crippen molar-refractivity contribution in [3.63, 3.8) is 0 Å². The molecule has 1 fully saturated rings. The summed E-state index contributed by atoms with van der Waals surface area (Å²) in [6, 6.07) is 9.15. The Labute approximate surface area is 191 Å². The minimum absolute atomic E-state index is 0.446. The van der Waals surface area contributed by atoms with E-state index in [0.29, 0.717) is 12.6 Å². The van der Waals surface area contributed by atoms with Crippen LogP contribution in [0.15, 0.2) is 29.3 Å². The van der Waals surface area contributed by atoms with Crippen LogP contribution in [-0.2, 0) is 20.1 Å². The average Bonchev–Trinajstić information content (AvgIpc) is 3.10. The quantitative estimate of drug-likeness (QED) is 0.353. The number of aryl methyl sites for hydroxylation is 2. The first kappa shape index (κ1) is 23.6. The summed E-state index contributed by atoms with van der Waals surface area (Å²) in [6.07, 6.45) is 5.52. The molecule has 170 valence electrons. The number of thioether (sulfide) groups is 1. The fraction of sp³-hybridized carbons (Fsp3) is 0.609. The molecule has 1 aliphatic rings. The molecule has 8 heteroatoms. The monoisotopic (exact) mass is 443 g/mol. The molecular weight excluding hydrogens is 406 g/mol. The van der Waals surface area contributed by atoms with Gasteiger partial charge in [-0.05, 0) is 56.2 Å². The van der Waals surface area contributed by atoms with Crippen molar-refractivity contribution >= 4 is 17.7 Å². The molecule has 1 aromatic carbocycles. The number of rotatable bonds is 9. The number of benzene rings is 1. The van der Waals surface area contributed by atoms with E-state index in [1.54, 1.807) is 0 Å². The lowest BCUT2D eigenvalue weighted by Gasteiger charge is -2.33. The number of nitrogens with zero attached hydrogens (tertiary/aromatic N) is 5. The molecule has 0 spiro atoms. The Morgan fingerprint density at radius 1 is 1.19 bits per heavy atom. The Morgan fingerprint density at radius 3 is 2.65 bits per heavy atom. The highest BCUT2D eigenvalue weighted by molar-refractivity contribution is 7.98. The van der Waals surface area contributed by atoms with Gasteiger partial charge < -0.3 is 15.2 Å². The topological polar surface area (TPSA) is 70.4 Å². The number of hydrogen-bond acceptors (Lipinski definition) is 5. The average molecular weight is 444 g/mol. The van der Waals surface area contributed by atoms with Crippen LogP contribution in [0.25, 0.3) is 0 Å². The minimum Gasteiger partial charge on any atom is -0.356 e. The summed E-state index contributed by atoms with van der Waals surface area (Å²) < 4.78 is 2.00.